The van der Waals surface area contributed by atoms with E-state index in [0.29, 0.717) is 19.4 Å². The van der Waals surface area contributed by atoms with Crippen molar-refractivity contribution in [2.45, 2.75) is 44.4 Å². The average molecular weight is 419 g/mol. The summed E-state index contributed by atoms with van der Waals surface area (Å²) in [6, 6.07) is 10.8. The Kier molecular flexibility index (Phi) is 6.70. The molecule has 0 radical (unpaired) electrons. The van der Waals surface area contributed by atoms with Crippen LogP contribution in [0.4, 0.5) is 10.1 Å². The highest BCUT2D eigenvalue weighted by atomic mass is 32.2. The molecule has 1 saturated heterocycles. The van der Waals surface area contributed by atoms with Gasteiger partial charge in [0, 0.05) is 18.8 Å². The van der Waals surface area contributed by atoms with Crippen LogP contribution >= 0.6 is 0 Å². The molecule has 1 heterocycles. The summed E-state index contributed by atoms with van der Waals surface area (Å²) < 4.78 is 40.3. The summed E-state index contributed by atoms with van der Waals surface area (Å²) in [4.78, 5) is 13.0. The van der Waals surface area contributed by atoms with Crippen LogP contribution in [-0.4, -0.2) is 31.7 Å². The van der Waals surface area contributed by atoms with Crippen LogP contribution in [0.2, 0.25) is 0 Å². The second kappa shape index (κ2) is 9.05. The van der Waals surface area contributed by atoms with Crippen LogP contribution < -0.4 is 5.32 Å². The predicted octanol–water partition coefficient (Wildman–Crippen LogP) is 3.99. The smallest absolute Gasteiger partial charge is 0.243 e. The van der Waals surface area contributed by atoms with Crippen LogP contribution in [0.5, 0.6) is 0 Å². The third-order valence-electron chi connectivity index (χ3n) is 5.45. The normalized spacial score (nSPS) is 17.8. The summed E-state index contributed by atoms with van der Waals surface area (Å²) in [7, 11) is -3.76. The Morgan fingerprint density at radius 1 is 1.10 bits per heavy atom. The first-order valence-corrected chi connectivity index (χ1v) is 11.5. The van der Waals surface area contributed by atoms with Gasteiger partial charge in [0.05, 0.1) is 10.8 Å². The SMILES string of the molecule is CCc1cccc(CC)c1NC(=O)C1CCCN(S(=O)(=O)c2ccc(F)cc2)C1. The fourth-order valence-corrected chi connectivity index (χ4v) is 5.28. The number of nitrogens with zero attached hydrogens (tertiary/aromatic N) is 1. The number of piperidine rings is 1. The van der Waals surface area contributed by atoms with Crippen molar-refractivity contribution >= 4 is 21.6 Å². The van der Waals surface area contributed by atoms with Gasteiger partial charge in [0.1, 0.15) is 5.82 Å². The van der Waals surface area contributed by atoms with Crippen LogP contribution in [0.1, 0.15) is 37.8 Å². The van der Waals surface area contributed by atoms with Crippen molar-refractivity contribution in [1.82, 2.24) is 4.31 Å². The lowest BCUT2D eigenvalue weighted by atomic mass is 9.97. The second-order valence-electron chi connectivity index (χ2n) is 7.30. The number of para-hydroxylation sites is 1. The minimum atomic E-state index is -3.76. The minimum Gasteiger partial charge on any atom is -0.325 e. The van der Waals surface area contributed by atoms with Crippen LogP contribution in [0.25, 0.3) is 0 Å². The molecule has 1 unspecified atom stereocenters. The molecule has 2 aromatic rings. The van der Waals surface area contributed by atoms with Crippen molar-refractivity contribution in [3.05, 3.63) is 59.4 Å². The number of carbonyl (C=O) groups excluding carboxylic acids is 1. The van der Waals surface area contributed by atoms with Crippen molar-refractivity contribution in [3.8, 4) is 0 Å². The molecule has 0 spiro atoms. The number of sulfonamides is 1. The number of hydrogen-bond donors (Lipinski definition) is 1. The van der Waals surface area contributed by atoms with Crippen molar-refractivity contribution in [1.29, 1.82) is 0 Å². The van der Waals surface area contributed by atoms with E-state index in [9.17, 15) is 17.6 Å². The zero-order valence-corrected chi connectivity index (χ0v) is 17.6. The van der Waals surface area contributed by atoms with Crippen LogP contribution in [-0.2, 0) is 27.7 Å². The number of amides is 1. The molecule has 1 aliphatic heterocycles. The topological polar surface area (TPSA) is 66.5 Å². The number of rotatable bonds is 6. The fraction of sp³-hybridized carbons (Fsp3) is 0.409. The summed E-state index contributed by atoms with van der Waals surface area (Å²) in [5, 5.41) is 3.06. The largest absolute Gasteiger partial charge is 0.325 e. The number of hydrogen-bond acceptors (Lipinski definition) is 3. The quantitative estimate of drug-likeness (QED) is 0.771. The molecule has 2 aromatic carbocycles. The highest BCUT2D eigenvalue weighted by molar-refractivity contribution is 7.89. The number of anilines is 1. The van der Waals surface area contributed by atoms with Crippen molar-refractivity contribution in [2.75, 3.05) is 18.4 Å². The van der Waals surface area contributed by atoms with E-state index in [2.05, 4.69) is 5.32 Å². The molecule has 1 N–H and O–H groups in total. The van der Waals surface area contributed by atoms with Gasteiger partial charge in [-0.2, -0.15) is 4.31 Å². The molecule has 7 heteroatoms. The van der Waals surface area contributed by atoms with Gasteiger partial charge in [-0.15, -0.1) is 0 Å². The molecular weight excluding hydrogens is 391 g/mol. The highest BCUT2D eigenvalue weighted by Gasteiger charge is 2.33. The molecule has 3 rings (SSSR count). The number of halogens is 1. The Hall–Kier alpha value is -2.25. The van der Waals surface area contributed by atoms with Gasteiger partial charge in [0.15, 0.2) is 0 Å². The predicted molar refractivity (Wildman–Crippen MR) is 112 cm³/mol. The number of benzene rings is 2. The maximum Gasteiger partial charge on any atom is 0.243 e. The molecule has 1 aliphatic rings. The van der Waals surface area contributed by atoms with E-state index in [4.69, 9.17) is 0 Å². The summed E-state index contributed by atoms with van der Waals surface area (Å²) in [5.74, 6) is -1.06. The Labute approximate surface area is 172 Å². The van der Waals surface area contributed by atoms with Crippen LogP contribution in [0.15, 0.2) is 47.4 Å². The number of aryl methyl sites for hydroxylation is 2. The monoisotopic (exact) mass is 418 g/mol. The highest BCUT2D eigenvalue weighted by Crippen LogP contribution is 2.27. The molecule has 0 bridgehead atoms. The minimum absolute atomic E-state index is 0.0459. The van der Waals surface area contributed by atoms with Crippen LogP contribution in [0.3, 0.4) is 0 Å². The van der Waals surface area contributed by atoms with Crippen molar-refractivity contribution in [2.24, 2.45) is 5.92 Å². The number of carbonyl (C=O) groups is 1. The first-order chi connectivity index (χ1) is 13.9. The Morgan fingerprint density at radius 2 is 1.72 bits per heavy atom. The lowest BCUT2D eigenvalue weighted by Gasteiger charge is -2.31. The van der Waals surface area contributed by atoms with Gasteiger partial charge < -0.3 is 5.32 Å². The van der Waals surface area contributed by atoms with Gasteiger partial charge >= 0.3 is 0 Å². The Balaban J connectivity index is 1.77. The molecule has 0 aliphatic carbocycles. The zero-order valence-electron chi connectivity index (χ0n) is 16.8. The van der Waals surface area contributed by atoms with Gasteiger partial charge in [0.25, 0.3) is 0 Å². The maximum atomic E-state index is 13.2. The molecule has 1 fully saturated rings. The molecule has 1 atom stereocenters. The van der Waals surface area contributed by atoms with Gasteiger partial charge in [0.2, 0.25) is 15.9 Å². The van der Waals surface area contributed by atoms with E-state index in [1.807, 2.05) is 32.0 Å². The number of nitrogens with one attached hydrogen (secondary N) is 1. The first-order valence-electron chi connectivity index (χ1n) is 10.0. The molecule has 156 valence electrons. The molecular formula is C22H27FN2O3S. The molecule has 29 heavy (non-hydrogen) atoms. The van der Waals surface area contributed by atoms with Crippen molar-refractivity contribution in [3.63, 3.8) is 0 Å². The van der Waals surface area contributed by atoms with E-state index in [1.165, 1.54) is 16.4 Å². The second-order valence-corrected chi connectivity index (χ2v) is 9.24. The Morgan fingerprint density at radius 3 is 2.31 bits per heavy atom. The van der Waals surface area contributed by atoms with E-state index in [-0.39, 0.29) is 17.3 Å². The van der Waals surface area contributed by atoms with Gasteiger partial charge in [-0.1, -0.05) is 32.0 Å². The van der Waals surface area contributed by atoms with Crippen LogP contribution in [0, 0.1) is 11.7 Å². The fourth-order valence-electron chi connectivity index (χ4n) is 3.76. The molecule has 5 nitrogen and oxygen atoms in total. The summed E-state index contributed by atoms with van der Waals surface area (Å²) in [6.07, 6.45) is 2.85. The third-order valence-corrected chi connectivity index (χ3v) is 7.33. The van der Waals surface area contributed by atoms with E-state index < -0.39 is 21.8 Å². The van der Waals surface area contributed by atoms with Gasteiger partial charge in [-0.05, 0) is 61.1 Å². The van der Waals surface area contributed by atoms with Gasteiger partial charge in [-0.25, -0.2) is 12.8 Å². The zero-order chi connectivity index (χ0) is 21.0. The maximum absolute atomic E-state index is 13.2. The van der Waals surface area contributed by atoms with E-state index in [0.717, 1.165) is 41.8 Å². The summed E-state index contributed by atoms with van der Waals surface area (Å²) in [5.41, 5.74) is 3.00. The average Bonchev–Trinajstić information content (AvgIpc) is 2.74. The van der Waals surface area contributed by atoms with Crippen molar-refractivity contribution < 1.29 is 17.6 Å². The first kappa shape index (κ1) is 21.5. The van der Waals surface area contributed by atoms with E-state index in [1.54, 1.807) is 0 Å². The third kappa shape index (κ3) is 4.67. The lowest BCUT2D eigenvalue weighted by molar-refractivity contribution is -0.120. The summed E-state index contributed by atoms with van der Waals surface area (Å²) >= 11 is 0. The lowest BCUT2D eigenvalue weighted by Crippen LogP contribution is -2.43. The Bertz CT molecular complexity index is 952. The standard InChI is InChI=1S/C22H27FN2O3S/c1-3-16-7-5-8-17(4-2)21(16)24-22(26)18-9-6-14-25(15-18)29(27,28)20-12-10-19(23)11-13-20/h5,7-8,10-13,18H,3-4,6,9,14-15H2,1-2H3,(H,24,26). The summed E-state index contributed by atoms with van der Waals surface area (Å²) in [6.45, 7) is 4.57. The van der Waals surface area contributed by atoms with Gasteiger partial charge in [-0.3, -0.25) is 4.79 Å². The van der Waals surface area contributed by atoms with E-state index >= 15 is 0 Å². The molecule has 0 aromatic heterocycles. The molecule has 0 saturated carbocycles. The molecule has 1 amide bonds.